The summed E-state index contributed by atoms with van der Waals surface area (Å²) in [6.45, 7) is 2.38. The van der Waals surface area contributed by atoms with Gasteiger partial charge in [0, 0.05) is 31.4 Å². The fraction of sp³-hybridized carbons (Fsp3) is 0.550. The van der Waals surface area contributed by atoms with Gasteiger partial charge in [0.25, 0.3) is 0 Å². The zero-order valence-corrected chi connectivity index (χ0v) is 17.1. The van der Waals surface area contributed by atoms with Crippen LogP contribution in [0, 0.1) is 0 Å². The molecule has 2 aliphatic rings. The van der Waals surface area contributed by atoms with Gasteiger partial charge in [-0.3, -0.25) is 9.59 Å². The molecule has 3 rings (SSSR count). The Labute approximate surface area is 171 Å². The number of nitrogens with zero attached hydrogens (tertiary/aromatic N) is 2. The Morgan fingerprint density at radius 2 is 1.96 bits per heavy atom. The lowest BCUT2D eigenvalue weighted by Gasteiger charge is -2.27. The maximum atomic E-state index is 13.0. The normalized spacial score (nSPS) is 19.9. The molecule has 0 bridgehead atoms. The fourth-order valence-electron chi connectivity index (χ4n) is 3.65. The predicted molar refractivity (Wildman–Crippen MR) is 112 cm³/mol. The summed E-state index contributed by atoms with van der Waals surface area (Å²) in [5.41, 5.74) is 0.791. The maximum Gasteiger partial charge on any atom is 0.245 e. The average molecular weight is 405 g/mol. The molecule has 2 heterocycles. The van der Waals surface area contributed by atoms with Crippen LogP contribution in [0.15, 0.2) is 24.3 Å². The quantitative estimate of drug-likeness (QED) is 0.731. The van der Waals surface area contributed by atoms with Gasteiger partial charge in [-0.1, -0.05) is 6.07 Å². The number of likely N-dealkylation sites (tertiary alicyclic amines) is 2. The minimum atomic E-state index is -0.417. The highest BCUT2D eigenvalue weighted by Gasteiger charge is 2.30. The van der Waals surface area contributed by atoms with Crippen molar-refractivity contribution < 1.29 is 14.3 Å². The second-order valence-electron chi connectivity index (χ2n) is 7.23. The van der Waals surface area contributed by atoms with Gasteiger partial charge in [0.1, 0.15) is 11.8 Å². The van der Waals surface area contributed by atoms with Crippen molar-refractivity contribution in [2.45, 2.75) is 38.1 Å². The molecule has 1 atom stereocenters. The Morgan fingerprint density at radius 3 is 2.71 bits per heavy atom. The molecule has 2 aliphatic heterocycles. The van der Waals surface area contributed by atoms with Crippen molar-refractivity contribution in [1.82, 2.24) is 15.1 Å². The van der Waals surface area contributed by atoms with Crippen molar-refractivity contribution in [3.8, 4) is 5.75 Å². The van der Waals surface area contributed by atoms with Crippen LogP contribution in [0.3, 0.4) is 0 Å². The second-order valence-corrected chi connectivity index (χ2v) is 7.63. The number of methoxy groups -OCH3 is 1. The van der Waals surface area contributed by atoms with Gasteiger partial charge in [-0.2, -0.15) is 0 Å². The summed E-state index contributed by atoms with van der Waals surface area (Å²) in [5.74, 6) is 0.716. The molecule has 0 radical (unpaired) electrons. The molecule has 2 amide bonds. The number of amides is 2. The van der Waals surface area contributed by atoms with Crippen LogP contribution < -0.4 is 15.4 Å². The molecule has 152 valence electrons. The lowest BCUT2D eigenvalue weighted by molar-refractivity contribution is -0.140. The Balaban J connectivity index is 1.57. The van der Waals surface area contributed by atoms with Gasteiger partial charge in [-0.05, 0) is 56.5 Å². The van der Waals surface area contributed by atoms with E-state index in [4.69, 9.17) is 17.0 Å². The van der Waals surface area contributed by atoms with E-state index in [1.165, 1.54) is 0 Å². The lowest BCUT2D eigenvalue weighted by atomic mass is 10.1. The van der Waals surface area contributed by atoms with Gasteiger partial charge in [-0.25, -0.2) is 0 Å². The minimum Gasteiger partial charge on any atom is -0.497 e. The highest BCUT2D eigenvalue weighted by atomic mass is 32.1. The number of hydrogen-bond donors (Lipinski definition) is 2. The number of hydrogen-bond acceptors (Lipinski definition) is 4. The molecule has 1 aromatic carbocycles. The molecular formula is C20H28N4O3S. The Kier molecular flexibility index (Phi) is 7.08. The van der Waals surface area contributed by atoms with Gasteiger partial charge in [0.2, 0.25) is 11.8 Å². The first kappa shape index (κ1) is 20.4. The SMILES string of the molecule is COc1cccc(NC(=S)NC2CCCCN(CC(=O)N3CCCC3)C2=O)c1. The molecule has 2 N–H and O–H groups in total. The maximum absolute atomic E-state index is 13.0. The minimum absolute atomic E-state index is 0.0450. The highest BCUT2D eigenvalue weighted by molar-refractivity contribution is 7.80. The second kappa shape index (κ2) is 9.73. The molecule has 8 heteroatoms. The zero-order chi connectivity index (χ0) is 19.9. The van der Waals surface area contributed by atoms with Gasteiger partial charge in [0.05, 0.1) is 13.7 Å². The Morgan fingerprint density at radius 1 is 1.21 bits per heavy atom. The van der Waals surface area contributed by atoms with Crippen molar-refractivity contribution in [3.63, 3.8) is 0 Å². The highest BCUT2D eigenvalue weighted by Crippen LogP contribution is 2.18. The number of benzene rings is 1. The predicted octanol–water partition coefficient (Wildman–Crippen LogP) is 1.99. The van der Waals surface area contributed by atoms with Crippen LogP contribution in [-0.4, -0.2) is 66.1 Å². The van der Waals surface area contributed by atoms with E-state index in [-0.39, 0.29) is 18.4 Å². The topological polar surface area (TPSA) is 73.9 Å². The first-order valence-electron chi connectivity index (χ1n) is 9.85. The third-order valence-corrected chi connectivity index (χ3v) is 5.42. The van der Waals surface area contributed by atoms with Gasteiger partial charge >= 0.3 is 0 Å². The van der Waals surface area contributed by atoms with Crippen LogP contribution in [0.4, 0.5) is 5.69 Å². The van der Waals surface area contributed by atoms with Crippen LogP contribution in [0.25, 0.3) is 0 Å². The number of rotatable bonds is 5. The molecule has 0 aromatic heterocycles. The van der Waals surface area contributed by atoms with Gasteiger partial charge in [0.15, 0.2) is 5.11 Å². The van der Waals surface area contributed by atoms with Crippen molar-refractivity contribution in [3.05, 3.63) is 24.3 Å². The average Bonchev–Trinajstić information content (AvgIpc) is 3.18. The molecule has 0 saturated carbocycles. The molecule has 7 nitrogen and oxygen atoms in total. The smallest absolute Gasteiger partial charge is 0.245 e. The number of anilines is 1. The first-order chi connectivity index (χ1) is 13.6. The van der Waals surface area contributed by atoms with Crippen LogP contribution >= 0.6 is 12.2 Å². The van der Waals surface area contributed by atoms with E-state index in [2.05, 4.69) is 10.6 Å². The van der Waals surface area contributed by atoms with Gasteiger partial charge < -0.3 is 25.2 Å². The Bertz CT molecular complexity index is 721. The molecule has 2 fully saturated rings. The molecule has 2 saturated heterocycles. The molecule has 0 aliphatic carbocycles. The summed E-state index contributed by atoms with van der Waals surface area (Å²) >= 11 is 5.40. The lowest BCUT2D eigenvalue weighted by Crippen LogP contribution is -2.51. The molecule has 28 heavy (non-hydrogen) atoms. The van der Waals surface area contributed by atoms with Gasteiger partial charge in [-0.15, -0.1) is 0 Å². The van der Waals surface area contributed by atoms with Crippen molar-refractivity contribution in [1.29, 1.82) is 0 Å². The first-order valence-corrected chi connectivity index (χ1v) is 10.3. The van der Waals surface area contributed by atoms with E-state index in [0.717, 1.165) is 50.2 Å². The fourth-order valence-corrected chi connectivity index (χ4v) is 3.91. The summed E-state index contributed by atoms with van der Waals surface area (Å²) < 4.78 is 5.21. The standard InChI is InChI=1S/C20H28N4O3S/c1-27-16-8-6-7-15(13-16)21-20(28)22-17-9-2-3-12-24(19(17)26)14-18(25)23-10-4-5-11-23/h6-8,13,17H,2-5,9-12,14H2,1H3,(H2,21,22,28). The summed E-state index contributed by atoms with van der Waals surface area (Å²) in [5, 5.41) is 6.62. The number of thiocarbonyl (C=S) groups is 1. The summed E-state index contributed by atoms with van der Waals surface area (Å²) in [6.07, 6.45) is 4.61. The third kappa shape index (κ3) is 5.34. The number of ether oxygens (including phenoxy) is 1. The van der Waals surface area contributed by atoms with Crippen molar-refractivity contribution >= 4 is 34.8 Å². The van der Waals surface area contributed by atoms with E-state index in [1.54, 1.807) is 12.0 Å². The van der Waals surface area contributed by atoms with Crippen molar-refractivity contribution in [2.75, 3.05) is 38.6 Å². The van der Waals surface area contributed by atoms with E-state index in [9.17, 15) is 9.59 Å². The monoisotopic (exact) mass is 404 g/mol. The molecule has 0 spiro atoms. The molecule has 1 aromatic rings. The summed E-state index contributed by atoms with van der Waals surface area (Å²) in [7, 11) is 1.61. The molecule has 1 unspecified atom stereocenters. The van der Waals surface area contributed by atoms with Crippen molar-refractivity contribution in [2.24, 2.45) is 0 Å². The third-order valence-electron chi connectivity index (χ3n) is 5.20. The largest absolute Gasteiger partial charge is 0.497 e. The van der Waals surface area contributed by atoms with E-state index in [1.807, 2.05) is 29.2 Å². The number of carbonyl (C=O) groups is 2. The summed E-state index contributed by atoms with van der Waals surface area (Å²) in [6, 6.07) is 7.02. The van der Waals surface area contributed by atoms with E-state index < -0.39 is 6.04 Å². The number of carbonyl (C=O) groups excluding carboxylic acids is 2. The van der Waals surface area contributed by atoms with E-state index in [0.29, 0.717) is 18.1 Å². The zero-order valence-electron chi connectivity index (χ0n) is 16.3. The number of nitrogens with one attached hydrogen (secondary N) is 2. The van der Waals surface area contributed by atoms with Crippen LogP contribution in [0.5, 0.6) is 5.75 Å². The Hall–Kier alpha value is -2.35. The van der Waals surface area contributed by atoms with Crippen LogP contribution in [0.1, 0.15) is 32.1 Å². The van der Waals surface area contributed by atoms with Crippen LogP contribution in [-0.2, 0) is 9.59 Å². The van der Waals surface area contributed by atoms with Crippen LogP contribution in [0.2, 0.25) is 0 Å². The molecular weight excluding hydrogens is 376 g/mol. The summed E-state index contributed by atoms with van der Waals surface area (Å²) in [4.78, 5) is 29.0. The van der Waals surface area contributed by atoms with E-state index >= 15 is 0 Å².